The van der Waals surface area contributed by atoms with E-state index in [0.717, 1.165) is 30.1 Å². The van der Waals surface area contributed by atoms with E-state index in [2.05, 4.69) is 17.3 Å². The van der Waals surface area contributed by atoms with Gasteiger partial charge in [0, 0.05) is 24.2 Å². The maximum atomic E-state index is 9.77. The zero-order chi connectivity index (χ0) is 14.1. The van der Waals surface area contributed by atoms with Gasteiger partial charge in [0.05, 0.1) is 0 Å². The topological polar surface area (TPSA) is 55.7 Å². The average molecular weight is 276 g/mol. The number of phenolic OH excluding ortho intramolecular Hbond substituents is 2. The molecular weight excluding hydrogens is 252 g/mol. The third-order valence-electron chi connectivity index (χ3n) is 5.04. The summed E-state index contributed by atoms with van der Waals surface area (Å²) in [6.45, 7) is 1.61. The number of para-hydroxylation sites is 1. The summed E-state index contributed by atoms with van der Waals surface area (Å²) in [7, 11) is 2.26. The molecule has 0 radical (unpaired) electrons. The predicted octanol–water partition coefficient (Wildman–Crippen LogP) is 2.06. The smallest absolute Gasteiger partial charge is 0.161 e. The molecule has 4 nitrogen and oxygen atoms in total. The second kappa shape index (κ2) is 5.62. The first kappa shape index (κ1) is 13.7. The molecule has 0 saturated carbocycles. The van der Waals surface area contributed by atoms with Gasteiger partial charge in [0.1, 0.15) is 0 Å². The molecule has 3 rings (SSSR count). The van der Waals surface area contributed by atoms with Crippen LogP contribution in [0.5, 0.6) is 11.5 Å². The number of phenols is 2. The largest absolute Gasteiger partial charge is 0.504 e. The van der Waals surface area contributed by atoms with Crippen molar-refractivity contribution in [1.29, 1.82) is 0 Å². The van der Waals surface area contributed by atoms with Gasteiger partial charge in [0.25, 0.3) is 0 Å². The van der Waals surface area contributed by atoms with E-state index in [1.165, 1.54) is 31.7 Å². The van der Waals surface area contributed by atoms with Crippen molar-refractivity contribution < 1.29 is 10.2 Å². The highest BCUT2D eigenvalue weighted by molar-refractivity contribution is 5.44. The van der Waals surface area contributed by atoms with E-state index in [1.54, 1.807) is 6.07 Å². The van der Waals surface area contributed by atoms with Gasteiger partial charge in [0.2, 0.25) is 0 Å². The lowest BCUT2D eigenvalue weighted by atomic mass is 9.91. The van der Waals surface area contributed by atoms with Gasteiger partial charge in [-0.1, -0.05) is 12.1 Å². The van der Waals surface area contributed by atoms with Gasteiger partial charge in [-0.15, -0.1) is 0 Å². The Morgan fingerprint density at radius 1 is 1.20 bits per heavy atom. The molecule has 2 atom stereocenters. The summed E-state index contributed by atoms with van der Waals surface area (Å²) in [5, 5.41) is 22.7. The molecule has 0 amide bonds. The van der Waals surface area contributed by atoms with Crippen LogP contribution >= 0.6 is 0 Å². The van der Waals surface area contributed by atoms with Crippen molar-refractivity contribution in [1.82, 2.24) is 10.2 Å². The number of fused-ring (bicyclic) bond motifs is 2. The number of rotatable bonds is 4. The molecule has 2 unspecified atom stereocenters. The molecule has 0 aliphatic carbocycles. The second-order valence-electron chi connectivity index (χ2n) is 6.30. The Morgan fingerprint density at radius 3 is 2.60 bits per heavy atom. The molecule has 3 N–H and O–H groups in total. The lowest BCUT2D eigenvalue weighted by molar-refractivity contribution is 0.133. The predicted molar refractivity (Wildman–Crippen MR) is 78.8 cm³/mol. The summed E-state index contributed by atoms with van der Waals surface area (Å²) in [6, 6.07) is 6.67. The third-order valence-corrected chi connectivity index (χ3v) is 5.04. The van der Waals surface area contributed by atoms with E-state index < -0.39 is 0 Å². The lowest BCUT2D eigenvalue weighted by Crippen LogP contribution is -2.42. The third kappa shape index (κ3) is 2.63. The SMILES string of the molecule is CN1C2CCC1CC(CNCc1cccc(O)c1O)C2. The molecule has 4 heteroatoms. The van der Waals surface area contributed by atoms with Crippen molar-refractivity contribution in [2.45, 2.75) is 44.3 Å². The summed E-state index contributed by atoms with van der Waals surface area (Å²) < 4.78 is 0. The molecular formula is C16H24N2O2. The van der Waals surface area contributed by atoms with E-state index in [1.807, 2.05) is 6.07 Å². The summed E-state index contributed by atoms with van der Waals surface area (Å²) >= 11 is 0. The number of piperidine rings is 1. The van der Waals surface area contributed by atoms with Crippen molar-refractivity contribution >= 4 is 0 Å². The highest BCUT2D eigenvalue weighted by atomic mass is 16.3. The van der Waals surface area contributed by atoms with Crippen molar-refractivity contribution in [3.63, 3.8) is 0 Å². The van der Waals surface area contributed by atoms with Crippen LogP contribution in [0.2, 0.25) is 0 Å². The summed E-state index contributed by atoms with van der Waals surface area (Å²) in [4.78, 5) is 2.55. The lowest BCUT2D eigenvalue weighted by Gasteiger charge is -2.36. The van der Waals surface area contributed by atoms with Crippen LogP contribution in [0.25, 0.3) is 0 Å². The Kier molecular flexibility index (Phi) is 3.85. The molecule has 2 aliphatic rings. The molecule has 2 bridgehead atoms. The number of nitrogens with zero attached hydrogens (tertiary/aromatic N) is 1. The number of hydrogen-bond donors (Lipinski definition) is 3. The molecule has 110 valence electrons. The highest BCUT2D eigenvalue weighted by Crippen LogP contribution is 2.37. The second-order valence-corrected chi connectivity index (χ2v) is 6.30. The van der Waals surface area contributed by atoms with Gasteiger partial charge in [-0.2, -0.15) is 0 Å². The van der Waals surface area contributed by atoms with Gasteiger partial charge < -0.3 is 20.4 Å². The van der Waals surface area contributed by atoms with Crippen LogP contribution in [0.15, 0.2) is 18.2 Å². The summed E-state index contributed by atoms with van der Waals surface area (Å²) in [6.07, 6.45) is 5.27. The van der Waals surface area contributed by atoms with Crippen LogP contribution in [0.1, 0.15) is 31.2 Å². The van der Waals surface area contributed by atoms with Crippen molar-refractivity contribution in [2.24, 2.45) is 5.92 Å². The normalized spacial score (nSPS) is 29.8. The molecule has 1 aromatic carbocycles. The molecule has 0 aromatic heterocycles. The first-order chi connectivity index (χ1) is 9.65. The standard InChI is InChI=1S/C16H24N2O2/c1-18-13-5-6-14(18)8-11(7-13)9-17-10-12-3-2-4-15(19)16(12)20/h2-4,11,13-14,17,19-20H,5-10H2,1H3. The van der Waals surface area contributed by atoms with Gasteiger partial charge in [-0.3, -0.25) is 0 Å². The van der Waals surface area contributed by atoms with Crippen LogP contribution in [0.3, 0.4) is 0 Å². The fourth-order valence-electron chi connectivity index (χ4n) is 3.82. The Labute approximate surface area is 120 Å². The number of aromatic hydroxyl groups is 2. The van der Waals surface area contributed by atoms with E-state index in [0.29, 0.717) is 6.54 Å². The minimum Gasteiger partial charge on any atom is -0.504 e. The van der Waals surface area contributed by atoms with Crippen LogP contribution in [0, 0.1) is 5.92 Å². The van der Waals surface area contributed by atoms with Crippen molar-refractivity contribution in [2.75, 3.05) is 13.6 Å². The Hall–Kier alpha value is -1.26. The van der Waals surface area contributed by atoms with E-state index in [-0.39, 0.29) is 11.5 Å². The summed E-state index contributed by atoms with van der Waals surface area (Å²) in [5.41, 5.74) is 0.765. The molecule has 1 aromatic rings. The quantitative estimate of drug-likeness (QED) is 0.737. The minimum atomic E-state index is -0.0402. The van der Waals surface area contributed by atoms with E-state index in [9.17, 15) is 10.2 Å². The molecule has 20 heavy (non-hydrogen) atoms. The number of benzene rings is 1. The Bertz CT molecular complexity index is 464. The fourth-order valence-corrected chi connectivity index (χ4v) is 3.82. The maximum absolute atomic E-state index is 9.77. The van der Waals surface area contributed by atoms with Gasteiger partial charge >= 0.3 is 0 Å². The van der Waals surface area contributed by atoms with E-state index >= 15 is 0 Å². The average Bonchev–Trinajstić information content (AvgIpc) is 2.65. The first-order valence-corrected chi connectivity index (χ1v) is 7.57. The molecule has 2 fully saturated rings. The zero-order valence-electron chi connectivity index (χ0n) is 12.0. The molecule has 0 spiro atoms. The monoisotopic (exact) mass is 276 g/mol. The zero-order valence-corrected chi connectivity index (χ0v) is 12.0. The van der Waals surface area contributed by atoms with Crippen LogP contribution in [-0.2, 0) is 6.54 Å². The van der Waals surface area contributed by atoms with Crippen LogP contribution < -0.4 is 5.32 Å². The van der Waals surface area contributed by atoms with Crippen LogP contribution in [-0.4, -0.2) is 40.8 Å². The highest BCUT2D eigenvalue weighted by Gasteiger charge is 2.37. The number of nitrogens with one attached hydrogen (secondary N) is 1. The van der Waals surface area contributed by atoms with E-state index in [4.69, 9.17) is 0 Å². The Morgan fingerprint density at radius 2 is 1.90 bits per heavy atom. The maximum Gasteiger partial charge on any atom is 0.161 e. The van der Waals surface area contributed by atoms with Crippen LogP contribution in [0.4, 0.5) is 0 Å². The first-order valence-electron chi connectivity index (χ1n) is 7.57. The van der Waals surface area contributed by atoms with Gasteiger partial charge in [-0.25, -0.2) is 0 Å². The van der Waals surface area contributed by atoms with Gasteiger partial charge in [-0.05, 0) is 51.3 Å². The minimum absolute atomic E-state index is 0.00319. The van der Waals surface area contributed by atoms with Crippen molar-refractivity contribution in [3.05, 3.63) is 23.8 Å². The molecule has 2 aliphatic heterocycles. The molecule has 2 saturated heterocycles. The Balaban J connectivity index is 1.50. The molecule has 2 heterocycles. The van der Waals surface area contributed by atoms with Crippen molar-refractivity contribution in [3.8, 4) is 11.5 Å². The number of hydrogen-bond acceptors (Lipinski definition) is 4. The van der Waals surface area contributed by atoms with Gasteiger partial charge in [0.15, 0.2) is 11.5 Å². The fraction of sp³-hybridized carbons (Fsp3) is 0.625. The summed E-state index contributed by atoms with van der Waals surface area (Å²) in [5.74, 6) is 0.702.